The number of rotatable bonds is 7. The van der Waals surface area contributed by atoms with Crippen LogP contribution in [0.25, 0.3) is 0 Å². The number of nitrogens with zero attached hydrogens (tertiary/aromatic N) is 3. The molecular formula is C15H19N3O3. The lowest BCUT2D eigenvalue weighted by atomic mass is 10.1. The van der Waals surface area contributed by atoms with Crippen LogP contribution in [-0.4, -0.2) is 27.8 Å². The molecule has 0 amide bonds. The lowest BCUT2D eigenvalue weighted by Gasteiger charge is -2.24. The molecule has 6 nitrogen and oxygen atoms in total. The lowest BCUT2D eigenvalue weighted by Crippen LogP contribution is -2.26. The van der Waals surface area contributed by atoms with E-state index in [0.29, 0.717) is 31.3 Å². The van der Waals surface area contributed by atoms with E-state index in [4.69, 9.17) is 9.52 Å². The number of aromatic nitrogens is 2. The van der Waals surface area contributed by atoms with Gasteiger partial charge in [0.15, 0.2) is 0 Å². The average molecular weight is 289 g/mol. The highest BCUT2D eigenvalue weighted by atomic mass is 16.4. The Balaban J connectivity index is 2.19. The summed E-state index contributed by atoms with van der Waals surface area (Å²) in [5, 5.41) is 16.9. The second-order valence-electron chi connectivity index (χ2n) is 4.79. The summed E-state index contributed by atoms with van der Waals surface area (Å²) in [6.45, 7) is 4.74. The zero-order valence-electron chi connectivity index (χ0n) is 12.2. The number of carboxylic acid groups (broad SMARTS) is 1. The van der Waals surface area contributed by atoms with Gasteiger partial charge in [0.2, 0.25) is 11.8 Å². The van der Waals surface area contributed by atoms with Crippen molar-refractivity contribution in [1.29, 1.82) is 0 Å². The van der Waals surface area contributed by atoms with Gasteiger partial charge in [0.1, 0.15) is 0 Å². The van der Waals surface area contributed by atoms with Gasteiger partial charge in [-0.2, -0.15) is 0 Å². The fourth-order valence-electron chi connectivity index (χ4n) is 2.09. The van der Waals surface area contributed by atoms with Crippen molar-refractivity contribution in [3.8, 4) is 0 Å². The molecule has 0 saturated carbocycles. The van der Waals surface area contributed by atoms with Gasteiger partial charge in [-0.05, 0) is 18.6 Å². The first kappa shape index (κ1) is 15.0. The fourth-order valence-corrected chi connectivity index (χ4v) is 2.09. The van der Waals surface area contributed by atoms with E-state index in [-0.39, 0.29) is 6.42 Å². The quantitative estimate of drug-likeness (QED) is 0.843. The molecule has 1 heterocycles. The Kier molecular flexibility index (Phi) is 4.92. The molecule has 0 fully saturated rings. The minimum absolute atomic E-state index is 0.0586. The van der Waals surface area contributed by atoms with Gasteiger partial charge >= 0.3 is 5.97 Å². The molecule has 1 aromatic carbocycles. The second kappa shape index (κ2) is 6.88. The highest BCUT2D eigenvalue weighted by molar-refractivity contribution is 5.68. The Bertz CT molecular complexity index is 610. The van der Waals surface area contributed by atoms with Gasteiger partial charge in [0.25, 0.3) is 0 Å². The van der Waals surface area contributed by atoms with Crippen molar-refractivity contribution in [3.63, 3.8) is 0 Å². The summed E-state index contributed by atoms with van der Waals surface area (Å²) in [6.07, 6.45) is 0.746. The molecule has 0 aliphatic carbocycles. The third-order valence-corrected chi connectivity index (χ3v) is 3.19. The number of benzene rings is 1. The topological polar surface area (TPSA) is 79.5 Å². The van der Waals surface area contributed by atoms with Crippen LogP contribution < -0.4 is 4.90 Å². The highest BCUT2D eigenvalue weighted by Crippen LogP contribution is 2.21. The van der Waals surface area contributed by atoms with Crippen LogP contribution in [0.5, 0.6) is 0 Å². The van der Waals surface area contributed by atoms with Crippen LogP contribution in [0.3, 0.4) is 0 Å². The molecule has 0 saturated heterocycles. The molecule has 2 aromatic rings. The molecule has 0 bridgehead atoms. The van der Waals surface area contributed by atoms with E-state index in [2.05, 4.69) is 10.2 Å². The molecule has 21 heavy (non-hydrogen) atoms. The van der Waals surface area contributed by atoms with Crippen molar-refractivity contribution in [1.82, 2.24) is 10.2 Å². The second-order valence-corrected chi connectivity index (χ2v) is 4.79. The number of carbonyl (C=O) groups is 1. The van der Waals surface area contributed by atoms with Crippen molar-refractivity contribution in [2.24, 2.45) is 0 Å². The number of para-hydroxylation sites is 1. The van der Waals surface area contributed by atoms with Gasteiger partial charge in [-0.3, -0.25) is 4.79 Å². The standard InChI is InChI=1S/C15H19N3O3/c1-3-13-16-17-14(21-13)10-18(9-8-15(19)20)12-7-5-4-6-11(12)2/h4-7H,3,8-10H2,1-2H3,(H,19,20). The number of carboxylic acids is 1. The van der Waals surface area contributed by atoms with E-state index in [9.17, 15) is 4.79 Å². The summed E-state index contributed by atoms with van der Waals surface area (Å²) in [4.78, 5) is 12.8. The Morgan fingerprint density at radius 1 is 1.29 bits per heavy atom. The van der Waals surface area contributed by atoms with Crippen LogP contribution in [0.1, 0.15) is 30.7 Å². The SMILES string of the molecule is CCc1nnc(CN(CCC(=O)O)c2ccccc2C)o1. The largest absolute Gasteiger partial charge is 0.481 e. The monoisotopic (exact) mass is 289 g/mol. The molecule has 2 rings (SSSR count). The highest BCUT2D eigenvalue weighted by Gasteiger charge is 2.15. The van der Waals surface area contributed by atoms with Gasteiger partial charge in [-0.1, -0.05) is 25.1 Å². The summed E-state index contributed by atoms with van der Waals surface area (Å²) in [7, 11) is 0. The van der Waals surface area contributed by atoms with Gasteiger partial charge in [-0.15, -0.1) is 10.2 Å². The number of hydrogen-bond acceptors (Lipinski definition) is 5. The number of aliphatic carboxylic acids is 1. The van der Waals surface area contributed by atoms with Crippen molar-refractivity contribution in [2.45, 2.75) is 33.2 Å². The van der Waals surface area contributed by atoms with Crippen molar-refractivity contribution >= 4 is 11.7 Å². The molecule has 0 spiro atoms. The Labute approximate surface area is 123 Å². The number of anilines is 1. The van der Waals surface area contributed by atoms with Crippen LogP contribution in [0.2, 0.25) is 0 Å². The minimum atomic E-state index is -0.826. The molecule has 0 unspecified atom stereocenters. The summed E-state index contributed by atoms with van der Waals surface area (Å²) in [5.41, 5.74) is 2.06. The fraction of sp³-hybridized carbons (Fsp3) is 0.400. The van der Waals surface area contributed by atoms with E-state index in [1.54, 1.807) is 0 Å². The van der Waals surface area contributed by atoms with Crippen LogP contribution in [0, 0.1) is 6.92 Å². The number of hydrogen-bond donors (Lipinski definition) is 1. The molecule has 0 radical (unpaired) electrons. The summed E-state index contributed by atoms with van der Waals surface area (Å²) in [5.74, 6) is 0.266. The maximum atomic E-state index is 10.8. The first-order chi connectivity index (χ1) is 10.1. The van der Waals surface area contributed by atoms with Gasteiger partial charge in [0, 0.05) is 18.7 Å². The predicted molar refractivity (Wildman–Crippen MR) is 78.2 cm³/mol. The first-order valence-electron chi connectivity index (χ1n) is 6.93. The smallest absolute Gasteiger partial charge is 0.305 e. The van der Waals surface area contributed by atoms with Gasteiger partial charge < -0.3 is 14.4 Å². The maximum absolute atomic E-state index is 10.8. The van der Waals surface area contributed by atoms with Crippen molar-refractivity contribution < 1.29 is 14.3 Å². The molecule has 1 N–H and O–H groups in total. The number of aryl methyl sites for hydroxylation is 2. The van der Waals surface area contributed by atoms with Crippen LogP contribution in [0.4, 0.5) is 5.69 Å². The van der Waals surface area contributed by atoms with E-state index < -0.39 is 5.97 Å². The Morgan fingerprint density at radius 3 is 2.62 bits per heavy atom. The maximum Gasteiger partial charge on any atom is 0.305 e. The summed E-state index contributed by atoms with van der Waals surface area (Å²) >= 11 is 0. The zero-order chi connectivity index (χ0) is 15.2. The molecular weight excluding hydrogens is 270 g/mol. The first-order valence-corrected chi connectivity index (χ1v) is 6.93. The third-order valence-electron chi connectivity index (χ3n) is 3.19. The predicted octanol–water partition coefficient (Wildman–Crippen LogP) is 2.42. The van der Waals surface area contributed by atoms with Gasteiger partial charge in [-0.25, -0.2) is 0 Å². The minimum Gasteiger partial charge on any atom is -0.481 e. The Morgan fingerprint density at radius 2 is 2.00 bits per heavy atom. The zero-order valence-corrected chi connectivity index (χ0v) is 12.2. The molecule has 0 aliphatic rings. The average Bonchev–Trinajstić information content (AvgIpc) is 2.92. The van der Waals surface area contributed by atoms with E-state index in [1.807, 2.05) is 43.0 Å². The molecule has 1 aromatic heterocycles. The molecule has 0 atom stereocenters. The third kappa shape index (κ3) is 4.05. The van der Waals surface area contributed by atoms with E-state index in [0.717, 1.165) is 11.3 Å². The van der Waals surface area contributed by atoms with Crippen LogP contribution in [-0.2, 0) is 17.8 Å². The lowest BCUT2D eigenvalue weighted by molar-refractivity contribution is -0.136. The van der Waals surface area contributed by atoms with Crippen LogP contribution >= 0.6 is 0 Å². The van der Waals surface area contributed by atoms with Gasteiger partial charge in [0.05, 0.1) is 13.0 Å². The van der Waals surface area contributed by atoms with E-state index >= 15 is 0 Å². The molecule has 6 heteroatoms. The van der Waals surface area contributed by atoms with Crippen molar-refractivity contribution in [3.05, 3.63) is 41.6 Å². The molecule has 112 valence electrons. The molecule has 0 aliphatic heterocycles. The normalized spacial score (nSPS) is 10.6. The van der Waals surface area contributed by atoms with Crippen LogP contribution in [0.15, 0.2) is 28.7 Å². The summed E-state index contributed by atoms with van der Waals surface area (Å²) in [6, 6.07) is 7.85. The Hall–Kier alpha value is -2.37. The van der Waals surface area contributed by atoms with E-state index in [1.165, 1.54) is 0 Å². The van der Waals surface area contributed by atoms with Crippen molar-refractivity contribution in [2.75, 3.05) is 11.4 Å². The summed E-state index contributed by atoms with van der Waals surface area (Å²) < 4.78 is 5.52.